The monoisotopic (exact) mass is 299 g/mol. The van der Waals surface area contributed by atoms with E-state index >= 15 is 0 Å². The summed E-state index contributed by atoms with van der Waals surface area (Å²) in [7, 11) is 0. The number of aliphatic hydroxyl groups is 1. The zero-order valence-electron chi connectivity index (χ0n) is 13.8. The molecule has 2 unspecified atom stereocenters. The van der Waals surface area contributed by atoms with E-state index in [4.69, 9.17) is 0 Å². The predicted molar refractivity (Wildman–Crippen MR) is 91.7 cm³/mol. The Balaban J connectivity index is 1.66. The summed E-state index contributed by atoms with van der Waals surface area (Å²) in [5, 5.41) is 9.91. The molecule has 0 fully saturated rings. The van der Waals surface area contributed by atoms with Crippen LogP contribution in [0.25, 0.3) is 0 Å². The summed E-state index contributed by atoms with van der Waals surface area (Å²) >= 11 is 0. The first-order valence-corrected chi connectivity index (χ1v) is 8.92. The Kier molecular flexibility index (Phi) is 5.32. The van der Waals surface area contributed by atoms with Crippen molar-refractivity contribution in [2.24, 2.45) is 0 Å². The van der Waals surface area contributed by atoms with Crippen molar-refractivity contribution in [2.75, 3.05) is 6.54 Å². The number of nitrogens with zero attached hydrogens (tertiary/aromatic N) is 1. The Morgan fingerprint density at radius 2 is 1.86 bits per heavy atom. The van der Waals surface area contributed by atoms with Gasteiger partial charge in [-0.05, 0) is 50.6 Å². The number of aliphatic hydroxyl groups excluding tert-OH is 1. The number of rotatable bonds is 6. The highest BCUT2D eigenvalue weighted by atomic mass is 16.3. The van der Waals surface area contributed by atoms with Gasteiger partial charge in [0, 0.05) is 12.6 Å². The van der Waals surface area contributed by atoms with Crippen LogP contribution < -0.4 is 0 Å². The fourth-order valence-electron chi connectivity index (χ4n) is 3.99. The molecule has 3 rings (SSSR count). The van der Waals surface area contributed by atoms with E-state index in [1.165, 1.54) is 37.8 Å². The predicted octanol–water partition coefficient (Wildman–Crippen LogP) is 4.29. The van der Waals surface area contributed by atoms with Crippen LogP contribution in [0, 0.1) is 0 Å². The van der Waals surface area contributed by atoms with E-state index in [1.807, 2.05) is 0 Å². The first-order chi connectivity index (χ1) is 10.8. The molecule has 0 aliphatic heterocycles. The van der Waals surface area contributed by atoms with Gasteiger partial charge >= 0.3 is 0 Å². The number of benzene rings is 1. The molecule has 2 atom stereocenters. The topological polar surface area (TPSA) is 23.5 Å². The van der Waals surface area contributed by atoms with Crippen LogP contribution in [0.3, 0.4) is 0 Å². The molecule has 1 N–H and O–H groups in total. The van der Waals surface area contributed by atoms with Crippen LogP contribution in [-0.4, -0.2) is 28.7 Å². The molecule has 0 amide bonds. The molecular weight excluding hydrogens is 270 g/mol. The lowest BCUT2D eigenvalue weighted by Gasteiger charge is -2.29. The van der Waals surface area contributed by atoms with Crippen LogP contribution in [0.5, 0.6) is 0 Å². The Morgan fingerprint density at radius 1 is 1.09 bits per heavy atom. The molecule has 2 aliphatic carbocycles. The van der Waals surface area contributed by atoms with Crippen molar-refractivity contribution >= 4 is 0 Å². The van der Waals surface area contributed by atoms with Crippen molar-refractivity contribution in [3.63, 3.8) is 0 Å². The number of hydrogen-bond donors (Lipinski definition) is 1. The smallest absolute Gasteiger partial charge is 0.0580 e. The van der Waals surface area contributed by atoms with Gasteiger partial charge in [-0.3, -0.25) is 4.90 Å². The first kappa shape index (κ1) is 15.8. The average Bonchev–Trinajstić information content (AvgIpc) is 2.95. The minimum absolute atomic E-state index is 0.0873. The second-order valence-electron chi connectivity index (χ2n) is 6.98. The molecular formula is C20H29NO. The molecule has 0 bridgehead atoms. The molecule has 1 aromatic rings. The van der Waals surface area contributed by atoms with Crippen molar-refractivity contribution in [1.82, 2.24) is 4.90 Å². The second kappa shape index (κ2) is 7.43. The molecule has 0 saturated carbocycles. The lowest BCUT2D eigenvalue weighted by Crippen LogP contribution is -2.34. The normalized spacial score (nSPS) is 24.9. The molecule has 0 aromatic heterocycles. The van der Waals surface area contributed by atoms with Crippen LogP contribution >= 0.6 is 0 Å². The largest absolute Gasteiger partial charge is 0.393 e. The second-order valence-corrected chi connectivity index (χ2v) is 6.98. The quantitative estimate of drug-likeness (QED) is 0.792. The maximum atomic E-state index is 9.91. The molecule has 0 radical (unpaired) electrons. The third-order valence-electron chi connectivity index (χ3n) is 5.27. The van der Waals surface area contributed by atoms with Crippen molar-refractivity contribution in [3.8, 4) is 0 Å². The minimum atomic E-state index is -0.0873. The van der Waals surface area contributed by atoms with Crippen molar-refractivity contribution < 1.29 is 5.11 Å². The van der Waals surface area contributed by atoms with E-state index in [0.29, 0.717) is 6.04 Å². The maximum Gasteiger partial charge on any atom is 0.0580 e. The zero-order chi connectivity index (χ0) is 15.4. The van der Waals surface area contributed by atoms with Gasteiger partial charge in [-0.2, -0.15) is 0 Å². The van der Waals surface area contributed by atoms with Gasteiger partial charge in [0.2, 0.25) is 0 Å². The Hall–Kier alpha value is -1.12. The molecule has 2 aliphatic rings. The summed E-state index contributed by atoms with van der Waals surface area (Å²) < 4.78 is 0. The van der Waals surface area contributed by atoms with Gasteiger partial charge < -0.3 is 5.11 Å². The lowest BCUT2D eigenvalue weighted by molar-refractivity contribution is 0.157. The summed E-state index contributed by atoms with van der Waals surface area (Å²) in [6.45, 7) is 4.53. The van der Waals surface area contributed by atoms with E-state index in [9.17, 15) is 5.11 Å². The van der Waals surface area contributed by atoms with Gasteiger partial charge in [0.25, 0.3) is 0 Å². The molecule has 22 heavy (non-hydrogen) atoms. The Morgan fingerprint density at radius 3 is 2.64 bits per heavy atom. The van der Waals surface area contributed by atoms with Crippen LogP contribution in [0.15, 0.2) is 41.5 Å². The molecule has 0 spiro atoms. The summed E-state index contributed by atoms with van der Waals surface area (Å²) in [6, 6.07) is 11.5. The molecule has 2 nitrogen and oxygen atoms in total. The zero-order valence-corrected chi connectivity index (χ0v) is 13.8. The SMILES string of the molecule is CCCCN(Cc1ccccc1)C1CC2=C(CC(O)CC2)C1. The summed E-state index contributed by atoms with van der Waals surface area (Å²) in [4.78, 5) is 2.68. The Labute approximate surface area is 134 Å². The third-order valence-corrected chi connectivity index (χ3v) is 5.27. The van der Waals surface area contributed by atoms with Crippen LogP contribution in [-0.2, 0) is 6.54 Å². The minimum Gasteiger partial charge on any atom is -0.393 e. The molecule has 1 aromatic carbocycles. The fourth-order valence-corrected chi connectivity index (χ4v) is 3.99. The van der Waals surface area contributed by atoms with Gasteiger partial charge in [-0.1, -0.05) is 54.8 Å². The number of unbranched alkanes of at least 4 members (excludes halogenated alkanes) is 1. The fraction of sp³-hybridized carbons (Fsp3) is 0.600. The van der Waals surface area contributed by atoms with Gasteiger partial charge in [-0.25, -0.2) is 0 Å². The molecule has 0 saturated heterocycles. The molecule has 0 heterocycles. The van der Waals surface area contributed by atoms with Crippen LogP contribution in [0.1, 0.15) is 57.4 Å². The third kappa shape index (κ3) is 3.80. The first-order valence-electron chi connectivity index (χ1n) is 8.92. The van der Waals surface area contributed by atoms with Gasteiger partial charge in [0.05, 0.1) is 6.10 Å². The van der Waals surface area contributed by atoms with Gasteiger partial charge in [-0.15, -0.1) is 0 Å². The van der Waals surface area contributed by atoms with Crippen LogP contribution in [0.2, 0.25) is 0 Å². The molecule has 2 heteroatoms. The van der Waals surface area contributed by atoms with E-state index in [1.54, 1.807) is 11.1 Å². The van der Waals surface area contributed by atoms with Crippen molar-refractivity contribution in [3.05, 3.63) is 47.0 Å². The van der Waals surface area contributed by atoms with Crippen LogP contribution in [0.4, 0.5) is 0 Å². The van der Waals surface area contributed by atoms with Gasteiger partial charge in [0.1, 0.15) is 0 Å². The summed E-state index contributed by atoms with van der Waals surface area (Å²) in [6.07, 6.45) is 7.88. The van der Waals surface area contributed by atoms with E-state index in [2.05, 4.69) is 42.2 Å². The standard InChI is InChI=1S/C20H29NO/c1-2-3-11-21(15-16-7-5-4-6-8-16)19-12-17-9-10-20(22)14-18(17)13-19/h4-8,19-20,22H,2-3,9-15H2,1H3. The Bertz CT molecular complexity index is 508. The summed E-state index contributed by atoms with van der Waals surface area (Å²) in [5.41, 5.74) is 4.65. The van der Waals surface area contributed by atoms with Gasteiger partial charge in [0.15, 0.2) is 0 Å². The highest BCUT2D eigenvalue weighted by Gasteiger charge is 2.31. The summed E-state index contributed by atoms with van der Waals surface area (Å²) in [5.74, 6) is 0. The lowest BCUT2D eigenvalue weighted by atomic mass is 9.92. The maximum absolute atomic E-state index is 9.91. The van der Waals surface area contributed by atoms with Crippen molar-refractivity contribution in [1.29, 1.82) is 0 Å². The number of hydrogen-bond acceptors (Lipinski definition) is 2. The average molecular weight is 299 g/mol. The van der Waals surface area contributed by atoms with Crippen molar-refractivity contribution in [2.45, 2.75) is 70.6 Å². The highest BCUT2D eigenvalue weighted by molar-refractivity contribution is 5.27. The van der Waals surface area contributed by atoms with E-state index < -0.39 is 0 Å². The van der Waals surface area contributed by atoms with E-state index in [-0.39, 0.29) is 6.10 Å². The molecule has 120 valence electrons. The van der Waals surface area contributed by atoms with E-state index in [0.717, 1.165) is 25.8 Å². The highest BCUT2D eigenvalue weighted by Crippen LogP contribution is 2.39.